The lowest BCUT2D eigenvalue weighted by Crippen LogP contribution is -2.04. The van der Waals surface area contributed by atoms with Crippen molar-refractivity contribution in [1.82, 2.24) is 9.78 Å². The van der Waals surface area contributed by atoms with Crippen molar-refractivity contribution in [1.29, 1.82) is 0 Å². The molecule has 0 amide bonds. The molecule has 20 heavy (non-hydrogen) atoms. The third-order valence-electron chi connectivity index (χ3n) is 3.14. The molecule has 1 heterocycles. The monoisotopic (exact) mass is 273 g/mol. The van der Waals surface area contributed by atoms with Gasteiger partial charge in [0.25, 0.3) is 0 Å². The van der Waals surface area contributed by atoms with E-state index >= 15 is 0 Å². The topological polar surface area (TPSA) is 39.1 Å². The average Bonchev–Trinajstić information content (AvgIpc) is 2.76. The quantitative estimate of drug-likeness (QED) is 0.876. The van der Waals surface area contributed by atoms with Crippen LogP contribution in [0, 0.1) is 12.8 Å². The number of ether oxygens (including phenoxy) is 1. The molecule has 2 rings (SSSR count). The smallest absolute Gasteiger partial charge is 0.118 e. The number of methoxy groups -OCH3 is 1. The van der Waals surface area contributed by atoms with Crippen LogP contribution in [0.4, 0.5) is 5.69 Å². The van der Waals surface area contributed by atoms with Gasteiger partial charge in [-0.2, -0.15) is 5.10 Å². The van der Waals surface area contributed by atoms with E-state index in [9.17, 15) is 0 Å². The molecule has 0 unspecified atom stereocenters. The molecule has 0 atom stereocenters. The van der Waals surface area contributed by atoms with Crippen LogP contribution in [0.3, 0.4) is 0 Å². The van der Waals surface area contributed by atoms with Crippen LogP contribution in [0.1, 0.15) is 25.1 Å². The number of hydrogen-bond acceptors (Lipinski definition) is 3. The van der Waals surface area contributed by atoms with Crippen molar-refractivity contribution in [3.63, 3.8) is 0 Å². The summed E-state index contributed by atoms with van der Waals surface area (Å²) in [6.07, 6.45) is 2.08. The Hall–Kier alpha value is -1.97. The van der Waals surface area contributed by atoms with Crippen molar-refractivity contribution in [3.05, 3.63) is 41.7 Å². The molecule has 0 spiro atoms. The number of aromatic nitrogens is 2. The molecule has 0 saturated heterocycles. The fourth-order valence-corrected chi connectivity index (χ4v) is 2.10. The Bertz CT molecular complexity index is 543. The molecule has 0 aliphatic carbocycles. The van der Waals surface area contributed by atoms with E-state index in [-0.39, 0.29) is 0 Å². The first-order valence-electron chi connectivity index (χ1n) is 6.99. The lowest BCUT2D eigenvalue weighted by molar-refractivity contribution is 0.414. The van der Waals surface area contributed by atoms with Crippen molar-refractivity contribution in [2.75, 3.05) is 12.4 Å². The zero-order valence-electron chi connectivity index (χ0n) is 12.7. The summed E-state index contributed by atoms with van der Waals surface area (Å²) in [6.45, 7) is 8.17. The average molecular weight is 273 g/mol. The second kappa shape index (κ2) is 6.46. The summed E-state index contributed by atoms with van der Waals surface area (Å²) in [5.41, 5.74) is 3.36. The van der Waals surface area contributed by atoms with E-state index in [1.807, 2.05) is 23.7 Å². The van der Waals surface area contributed by atoms with Gasteiger partial charge in [0.2, 0.25) is 0 Å². The molecule has 0 aliphatic rings. The number of aryl methyl sites for hydroxylation is 1. The lowest BCUT2D eigenvalue weighted by Gasteiger charge is -2.06. The van der Waals surface area contributed by atoms with Crippen LogP contribution >= 0.6 is 0 Å². The maximum absolute atomic E-state index is 5.16. The Labute approximate surface area is 120 Å². The maximum atomic E-state index is 5.16. The molecule has 1 aromatic carbocycles. The van der Waals surface area contributed by atoms with Crippen molar-refractivity contribution >= 4 is 5.69 Å². The normalized spacial score (nSPS) is 10.8. The molecule has 0 saturated carbocycles. The van der Waals surface area contributed by atoms with Gasteiger partial charge in [-0.3, -0.25) is 4.68 Å². The van der Waals surface area contributed by atoms with Gasteiger partial charge in [-0.15, -0.1) is 0 Å². The van der Waals surface area contributed by atoms with Crippen molar-refractivity contribution in [2.45, 2.75) is 33.9 Å². The third kappa shape index (κ3) is 3.76. The van der Waals surface area contributed by atoms with Gasteiger partial charge in [0.15, 0.2) is 0 Å². The number of hydrogen-bond donors (Lipinski definition) is 1. The summed E-state index contributed by atoms with van der Waals surface area (Å²) in [5.74, 6) is 1.48. The van der Waals surface area contributed by atoms with Crippen LogP contribution in [0.2, 0.25) is 0 Å². The number of rotatable bonds is 6. The van der Waals surface area contributed by atoms with Gasteiger partial charge >= 0.3 is 0 Å². The summed E-state index contributed by atoms with van der Waals surface area (Å²) in [5, 5.41) is 7.96. The predicted octanol–water partition coefficient (Wildman–Crippen LogP) is 3.47. The van der Waals surface area contributed by atoms with Gasteiger partial charge in [-0.25, -0.2) is 0 Å². The molecule has 0 fully saturated rings. The Morgan fingerprint density at radius 3 is 2.55 bits per heavy atom. The number of benzene rings is 1. The zero-order valence-corrected chi connectivity index (χ0v) is 12.7. The number of anilines is 1. The molecule has 4 heteroatoms. The highest BCUT2D eigenvalue weighted by atomic mass is 16.5. The first-order valence-corrected chi connectivity index (χ1v) is 6.99. The SMILES string of the molecule is COc1ccc(CNc2cn(CC(C)C)nc2C)cc1. The standard InChI is InChI=1S/C16H23N3O/c1-12(2)10-19-11-16(13(3)18-19)17-9-14-5-7-15(20-4)8-6-14/h5-8,11-12,17H,9-10H2,1-4H3. The highest BCUT2D eigenvalue weighted by molar-refractivity contribution is 5.46. The van der Waals surface area contributed by atoms with Crippen molar-refractivity contribution in [3.8, 4) is 5.75 Å². The van der Waals surface area contributed by atoms with Gasteiger partial charge < -0.3 is 10.1 Å². The first-order chi connectivity index (χ1) is 9.58. The number of nitrogens with zero attached hydrogens (tertiary/aromatic N) is 2. The lowest BCUT2D eigenvalue weighted by atomic mass is 10.2. The van der Waals surface area contributed by atoms with E-state index in [1.165, 1.54) is 5.56 Å². The third-order valence-corrected chi connectivity index (χ3v) is 3.14. The summed E-state index contributed by atoms with van der Waals surface area (Å²) in [4.78, 5) is 0. The van der Waals surface area contributed by atoms with Crippen LogP contribution in [0.25, 0.3) is 0 Å². The molecule has 4 nitrogen and oxygen atoms in total. The van der Waals surface area contributed by atoms with E-state index in [2.05, 4.69) is 42.6 Å². The van der Waals surface area contributed by atoms with E-state index in [1.54, 1.807) is 7.11 Å². The fraction of sp³-hybridized carbons (Fsp3) is 0.438. The van der Waals surface area contributed by atoms with Gasteiger partial charge in [0.05, 0.1) is 18.5 Å². The zero-order chi connectivity index (χ0) is 14.5. The summed E-state index contributed by atoms with van der Waals surface area (Å²) in [6, 6.07) is 8.09. The molecular weight excluding hydrogens is 250 g/mol. The molecule has 1 aromatic heterocycles. The van der Waals surface area contributed by atoms with Gasteiger partial charge in [0.1, 0.15) is 5.75 Å². The van der Waals surface area contributed by atoms with Crippen LogP contribution < -0.4 is 10.1 Å². The first kappa shape index (κ1) is 14.4. The molecule has 0 aliphatic heterocycles. The van der Waals surface area contributed by atoms with Gasteiger partial charge in [0, 0.05) is 19.3 Å². The second-order valence-electron chi connectivity index (χ2n) is 5.45. The minimum Gasteiger partial charge on any atom is -0.497 e. The van der Waals surface area contributed by atoms with Crippen LogP contribution in [-0.4, -0.2) is 16.9 Å². The van der Waals surface area contributed by atoms with Crippen molar-refractivity contribution < 1.29 is 4.74 Å². The molecule has 0 bridgehead atoms. The highest BCUT2D eigenvalue weighted by Crippen LogP contribution is 2.16. The largest absolute Gasteiger partial charge is 0.497 e. The second-order valence-corrected chi connectivity index (χ2v) is 5.45. The summed E-state index contributed by atoms with van der Waals surface area (Å²) >= 11 is 0. The molecular formula is C16H23N3O. The van der Waals surface area contributed by atoms with Crippen molar-refractivity contribution in [2.24, 2.45) is 5.92 Å². The Morgan fingerprint density at radius 2 is 1.95 bits per heavy atom. The summed E-state index contributed by atoms with van der Waals surface area (Å²) in [7, 11) is 1.68. The van der Waals surface area contributed by atoms with E-state index in [4.69, 9.17) is 4.74 Å². The number of nitrogens with one attached hydrogen (secondary N) is 1. The Balaban J connectivity index is 1.97. The minimum absolute atomic E-state index is 0.601. The van der Waals surface area contributed by atoms with Crippen LogP contribution in [-0.2, 0) is 13.1 Å². The highest BCUT2D eigenvalue weighted by Gasteiger charge is 2.05. The molecule has 108 valence electrons. The Morgan fingerprint density at radius 1 is 1.25 bits per heavy atom. The molecule has 2 aromatic rings. The van der Waals surface area contributed by atoms with E-state index in [0.717, 1.165) is 30.2 Å². The fourth-order valence-electron chi connectivity index (χ4n) is 2.10. The maximum Gasteiger partial charge on any atom is 0.118 e. The predicted molar refractivity (Wildman–Crippen MR) is 82.1 cm³/mol. The van der Waals surface area contributed by atoms with Gasteiger partial charge in [-0.1, -0.05) is 26.0 Å². The van der Waals surface area contributed by atoms with E-state index in [0.29, 0.717) is 5.92 Å². The Kier molecular flexibility index (Phi) is 4.66. The molecule has 0 radical (unpaired) electrons. The minimum atomic E-state index is 0.601. The molecule has 1 N–H and O–H groups in total. The van der Waals surface area contributed by atoms with E-state index < -0.39 is 0 Å². The van der Waals surface area contributed by atoms with Gasteiger partial charge in [-0.05, 0) is 30.5 Å². The van der Waals surface area contributed by atoms with Crippen LogP contribution in [0.5, 0.6) is 5.75 Å². The van der Waals surface area contributed by atoms with Crippen LogP contribution in [0.15, 0.2) is 30.5 Å². The summed E-state index contributed by atoms with van der Waals surface area (Å²) < 4.78 is 7.17.